The van der Waals surface area contributed by atoms with Crippen LogP contribution in [-0.2, 0) is 4.74 Å². The first kappa shape index (κ1) is 11.5. The maximum atomic E-state index is 11.7. The van der Waals surface area contributed by atoms with E-state index in [0.29, 0.717) is 4.48 Å². The number of likely N-dealkylation sites (tertiary alicyclic amines) is 1. The number of hydrogen-bond acceptors (Lipinski definition) is 3. The van der Waals surface area contributed by atoms with E-state index in [1.807, 2.05) is 7.05 Å². The van der Waals surface area contributed by atoms with E-state index in [1.54, 1.807) is 0 Å². The van der Waals surface area contributed by atoms with Crippen LogP contribution in [0, 0.1) is 0 Å². The van der Waals surface area contributed by atoms with Crippen molar-refractivity contribution < 1.29 is 14.0 Å². The smallest absolute Gasteiger partial charge is 0.423 e. The maximum Gasteiger partial charge on any atom is 0.515 e. The molecule has 0 spiro atoms. The van der Waals surface area contributed by atoms with Crippen molar-refractivity contribution in [2.75, 3.05) is 20.7 Å². The van der Waals surface area contributed by atoms with Crippen LogP contribution in [0.1, 0.15) is 26.2 Å². The Morgan fingerprint density at radius 1 is 1.64 bits per heavy atom. The summed E-state index contributed by atoms with van der Waals surface area (Å²) >= 11 is 0. The number of amides is 1. The first-order valence-corrected chi connectivity index (χ1v) is 5.25. The van der Waals surface area contributed by atoms with Gasteiger partial charge < -0.3 is 10.5 Å². The Kier molecular flexibility index (Phi) is 3.50. The molecular weight excluding hydrogens is 180 g/mol. The highest BCUT2D eigenvalue weighted by atomic mass is 16.5. The minimum atomic E-state index is -0.160. The van der Waals surface area contributed by atoms with Gasteiger partial charge >= 0.3 is 6.09 Å². The first-order chi connectivity index (χ1) is 6.56. The van der Waals surface area contributed by atoms with Gasteiger partial charge in [0.15, 0.2) is 0 Å². The zero-order valence-corrected chi connectivity index (χ0v) is 9.32. The zero-order valence-electron chi connectivity index (χ0n) is 9.32. The normalized spacial score (nSPS) is 38.0. The molecule has 4 heteroatoms. The predicted octanol–water partition coefficient (Wildman–Crippen LogP) is 1.10. The summed E-state index contributed by atoms with van der Waals surface area (Å²) in [4.78, 5) is 11.7. The fourth-order valence-electron chi connectivity index (χ4n) is 2.58. The number of nitrogens with two attached hydrogens (primary N) is 1. The second-order valence-corrected chi connectivity index (χ2v) is 4.24. The number of carbonyl (C=O) groups excluding carboxylic acids is 1. The first-order valence-electron chi connectivity index (χ1n) is 5.25. The van der Waals surface area contributed by atoms with Crippen molar-refractivity contribution in [3.8, 4) is 0 Å². The van der Waals surface area contributed by atoms with Crippen LogP contribution in [0.5, 0.6) is 0 Å². The van der Waals surface area contributed by atoms with E-state index >= 15 is 0 Å². The summed E-state index contributed by atoms with van der Waals surface area (Å²) in [5.74, 6) is 0. The average Bonchev–Trinajstić information content (AvgIpc) is 2.17. The molecule has 1 saturated heterocycles. The molecule has 0 aliphatic carbocycles. The lowest BCUT2D eigenvalue weighted by Gasteiger charge is -2.43. The monoisotopic (exact) mass is 201 g/mol. The number of quaternary nitrogens is 1. The molecule has 1 aliphatic rings. The van der Waals surface area contributed by atoms with Crippen LogP contribution in [0.25, 0.3) is 0 Å². The SMILES string of the molecule is CCC1[C@@H](N)CCC[N+]1(C)C(=O)OC. The van der Waals surface area contributed by atoms with E-state index < -0.39 is 0 Å². The minimum absolute atomic E-state index is 0.123. The zero-order chi connectivity index (χ0) is 10.8. The lowest BCUT2D eigenvalue weighted by atomic mass is 9.93. The van der Waals surface area contributed by atoms with E-state index in [1.165, 1.54) is 7.11 Å². The van der Waals surface area contributed by atoms with Gasteiger partial charge in [-0.2, -0.15) is 4.79 Å². The highest BCUT2D eigenvalue weighted by Crippen LogP contribution is 2.26. The Bertz CT molecular complexity index is 220. The molecule has 0 radical (unpaired) electrons. The Labute approximate surface area is 85.6 Å². The molecule has 1 heterocycles. The van der Waals surface area contributed by atoms with Gasteiger partial charge in [0.2, 0.25) is 0 Å². The molecule has 1 aliphatic heterocycles. The molecule has 4 nitrogen and oxygen atoms in total. The summed E-state index contributed by atoms with van der Waals surface area (Å²) < 4.78 is 5.19. The summed E-state index contributed by atoms with van der Waals surface area (Å²) in [7, 11) is 3.37. The Morgan fingerprint density at radius 2 is 2.29 bits per heavy atom. The second-order valence-electron chi connectivity index (χ2n) is 4.24. The van der Waals surface area contributed by atoms with Gasteiger partial charge in [0.05, 0.1) is 26.7 Å². The highest BCUT2D eigenvalue weighted by molar-refractivity contribution is 5.59. The molecule has 2 unspecified atom stereocenters. The number of methoxy groups -OCH3 is 1. The minimum Gasteiger partial charge on any atom is -0.423 e. The second kappa shape index (κ2) is 4.28. The molecule has 3 atom stereocenters. The molecule has 1 rings (SSSR count). The lowest BCUT2D eigenvalue weighted by molar-refractivity contribution is -0.870. The van der Waals surface area contributed by atoms with Crippen LogP contribution >= 0.6 is 0 Å². The van der Waals surface area contributed by atoms with E-state index in [0.717, 1.165) is 25.8 Å². The molecule has 0 saturated carbocycles. The number of rotatable bonds is 1. The Balaban J connectivity index is 2.87. The Morgan fingerprint density at radius 3 is 2.79 bits per heavy atom. The highest BCUT2D eigenvalue weighted by Gasteiger charge is 2.46. The molecule has 0 bridgehead atoms. The van der Waals surface area contributed by atoms with Crippen LogP contribution in [0.4, 0.5) is 4.79 Å². The number of likely N-dealkylation sites (N-methyl/N-ethyl adjacent to an activating group) is 1. The van der Waals surface area contributed by atoms with Crippen molar-refractivity contribution in [3.05, 3.63) is 0 Å². The summed E-state index contributed by atoms with van der Waals surface area (Å²) in [6.45, 7) is 2.92. The summed E-state index contributed by atoms with van der Waals surface area (Å²) in [6, 6.07) is 0.328. The summed E-state index contributed by atoms with van der Waals surface area (Å²) in [5, 5.41) is 0. The van der Waals surface area contributed by atoms with Crippen molar-refractivity contribution in [2.45, 2.75) is 38.3 Å². The molecule has 0 aromatic rings. The average molecular weight is 201 g/mol. The summed E-state index contributed by atoms with van der Waals surface area (Å²) in [5.41, 5.74) is 6.03. The van der Waals surface area contributed by atoms with Gasteiger partial charge in [-0.05, 0) is 19.3 Å². The summed E-state index contributed by atoms with van der Waals surface area (Å²) in [6.07, 6.45) is 2.78. The molecular formula is C10H21N2O2+. The standard InChI is InChI=1S/C10H21N2O2/c1-4-9-8(11)6-5-7-12(9,2)10(13)14-3/h8-9H,4-7,11H2,1-3H3/q+1/t8-,9?,12?/m0/s1. The van der Waals surface area contributed by atoms with Crippen LogP contribution in [-0.4, -0.2) is 43.4 Å². The van der Waals surface area contributed by atoms with Crippen molar-refractivity contribution in [1.82, 2.24) is 0 Å². The van der Waals surface area contributed by atoms with Crippen LogP contribution in [0.15, 0.2) is 0 Å². The van der Waals surface area contributed by atoms with Crippen LogP contribution < -0.4 is 5.73 Å². The van der Waals surface area contributed by atoms with Gasteiger partial charge in [0.25, 0.3) is 0 Å². The van der Waals surface area contributed by atoms with Crippen molar-refractivity contribution in [2.24, 2.45) is 5.73 Å². The molecule has 14 heavy (non-hydrogen) atoms. The van der Waals surface area contributed by atoms with Gasteiger partial charge in [-0.1, -0.05) is 6.92 Å². The number of nitrogens with zero attached hydrogens (tertiary/aromatic N) is 1. The number of carbonyl (C=O) groups is 1. The third-order valence-corrected chi connectivity index (χ3v) is 3.40. The fraction of sp³-hybridized carbons (Fsp3) is 0.900. The fourth-order valence-corrected chi connectivity index (χ4v) is 2.58. The number of hydrogen-bond donors (Lipinski definition) is 1. The number of piperidine rings is 1. The van der Waals surface area contributed by atoms with Crippen LogP contribution in [0.3, 0.4) is 0 Å². The topological polar surface area (TPSA) is 52.3 Å². The third-order valence-electron chi connectivity index (χ3n) is 3.40. The largest absolute Gasteiger partial charge is 0.515 e. The van der Waals surface area contributed by atoms with Crippen molar-refractivity contribution in [3.63, 3.8) is 0 Å². The van der Waals surface area contributed by atoms with Crippen molar-refractivity contribution >= 4 is 6.09 Å². The molecule has 82 valence electrons. The number of ether oxygens (including phenoxy) is 1. The third kappa shape index (κ3) is 1.77. The molecule has 1 fully saturated rings. The Hall–Kier alpha value is -0.610. The maximum absolute atomic E-state index is 11.7. The molecule has 1 amide bonds. The van der Waals surface area contributed by atoms with Crippen LogP contribution in [0.2, 0.25) is 0 Å². The predicted molar refractivity (Wildman–Crippen MR) is 54.7 cm³/mol. The van der Waals surface area contributed by atoms with E-state index in [9.17, 15) is 4.79 Å². The molecule has 2 N–H and O–H groups in total. The van der Waals surface area contributed by atoms with Gasteiger partial charge in [0, 0.05) is 0 Å². The van der Waals surface area contributed by atoms with Crippen molar-refractivity contribution in [1.29, 1.82) is 0 Å². The molecule has 0 aromatic carbocycles. The van der Waals surface area contributed by atoms with Gasteiger partial charge in [-0.15, -0.1) is 0 Å². The van der Waals surface area contributed by atoms with Gasteiger partial charge in [-0.3, -0.25) is 0 Å². The van der Waals surface area contributed by atoms with E-state index in [4.69, 9.17) is 10.5 Å². The van der Waals surface area contributed by atoms with E-state index in [2.05, 4.69) is 6.92 Å². The van der Waals surface area contributed by atoms with Gasteiger partial charge in [-0.25, -0.2) is 4.48 Å². The lowest BCUT2D eigenvalue weighted by Crippen LogP contribution is -2.65. The van der Waals surface area contributed by atoms with Gasteiger partial charge in [0.1, 0.15) is 6.04 Å². The van der Waals surface area contributed by atoms with E-state index in [-0.39, 0.29) is 18.2 Å². The quantitative estimate of drug-likeness (QED) is 0.646. The molecule has 0 aromatic heterocycles.